The summed E-state index contributed by atoms with van der Waals surface area (Å²) in [4.78, 5) is 28.0. The van der Waals surface area contributed by atoms with Crippen molar-refractivity contribution in [2.24, 2.45) is 11.8 Å². The summed E-state index contributed by atoms with van der Waals surface area (Å²) in [6, 6.07) is 1.73. The number of methoxy groups -OCH3 is 1. The molecule has 0 saturated carbocycles. The van der Waals surface area contributed by atoms with E-state index in [4.69, 9.17) is 9.26 Å². The van der Waals surface area contributed by atoms with Crippen LogP contribution in [0.4, 0.5) is 4.79 Å². The molecule has 144 valence electrons. The summed E-state index contributed by atoms with van der Waals surface area (Å²) in [5.74, 6) is 2.44. The molecule has 1 aromatic rings. The molecule has 2 aliphatic heterocycles. The van der Waals surface area contributed by atoms with Gasteiger partial charge in [0.25, 0.3) is 5.88 Å². The minimum absolute atomic E-state index is 0.00993. The lowest BCUT2D eigenvalue weighted by atomic mass is 9.84. The largest absolute Gasteiger partial charge is 0.479 e. The van der Waals surface area contributed by atoms with E-state index in [-0.39, 0.29) is 11.9 Å². The molecular weight excluding hydrogens is 336 g/mol. The smallest absolute Gasteiger partial charge is 0.317 e. The highest BCUT2D eigenvalue weighted by Gasteiger charge is 2.34. The number of amides is 3. The first kappa shape index (κ1) is 18.5. The summed E-state index contributed by atoms with van der Waals surface area (Å²) in [5, 5.41) is 6.44. The Bertz CT molecular complexity index is 624. The molecule has 3 heterocycles. The van der Waals surface area contributed by atoms with Crippen LogP contribution in [-0.4, -0.2) is 67.2 Å². The van der Waals surface area contributed by atoms with Crippen LogP contribution < -0.4 is 10.1 Å². The van der Waals surface area contributed by atoms with Crippen LogP contribution in [0.2, 0.25) is 0 Å². The Morgan fingerprint density at radius 3 is 2.58 bits per heavy atom. The molecule has 26 heavy (non-hydrogen) atoms. The van der Waals surface area contributed by atoms with Gasteiger partial charge in [-0.05, 0) is 36.3 Å². The first-order valence-electron chi connectivity index (χ1n) is 9.34. The van der Waals surface area contributed by atoms with Gasteiger partial charge >= 0.3 is 6.03 Å². The number of urea groups is 1. The number of aryl methyl sites for hydroxylation is 1. The van der Waals surface area contributed by atoms with Gasteiger partial charge in [0.2, 0.25) is 5.91 Å². The number of carbonyl (C=O) groups excluding carboxylic acids is 2. The van der Waals surface area contributed by atoms with E-state index in [1.807, 2.05) is 9.80 Å². The topological polar surface area (TPSA) is 87.9 Å². The van der Waals surface area contributed by atoms with Crippen molar-refractivity contribution < 1.29 is 18.8 Å². The van der Waals surface area contributed by atoms with Crippen LogP contribution in [0.1, 0.15) is 31.4 Å². The molecule has 1 atom stereocenters. The van der Waals surface area contributed by atoms with E-state index in [1.54, 1.807) is 13.1 Å². The highest BCUT2D eigenvalue weighted by Crippen LogP contribution is 2.32. The molecule has 0 spiro atoms. The van der Waals surface area contributed by atoms with Crippen molar-refractivity contribution in [3.8, 4) is 5.88 Å². The lowest BCUT2D eigenvalue weighted by Crippen LogP contribution is -2.44. The van der Waals surface area contributed by atoms with E-state index in [1.165, 1.54) is 7.11 Å². The Morgan fingerprint density at radius 1 is 1.23 bits per heavy atom. The zero-order valence-corrected chi connectivity index (χ0v) is 15.6. The Morgan fingerprint density at radius 2 is 1.92 bits per heavy atom. The van der Waals surface area contributed by atoms with Crippen LogP contribution >= 0.6 is 0 Å². The molecule has 1 unspecified atom stereocenters. The lowest BCUT2D eigenvalue weighted by Gasteiger charge is -2.34. The zero-order valence-electron chi connectivity index (χ0n) is 15.6. The highest BCUT2D eigenvalue weighted by molar-refractivity contribution is 5.76. The molecule has 1 N–H and O–H groups in total. The van der Waals surface area contributed by atoms with Crippen molar-refractivity contribution in [3.63, 3.8) is 0 Å². The average Bonchev–Trinajstić information content (AvgIpc) is 3.35. The van der Waals surface area contributed by atoms with Gasteiger partial charge in [-0.25, -0.2) is 4.79 Å². The fourth-order valence-corrected chi connectivity index (χ4v) is 4.03. The number of carbonyl (C=O) groups is 2. The molecule has 2 aliphatic rings. The molecular formula is C18H28N4O4. The molecule has 0 radical (unpaired) electrons. The molecule has 0 aliphatic carbocycles. The Hall–Kier alpha value is -2.25. The van der Waals surface area contributed by atoms with Gasteiger partial charge in [-0.3, -0.25) is 4.79 Å². The number of likely N-dealkylation sites (tertiary alicyclic amines) is 2. The second-order valence-electron chi connectivity index (χ2n) is 7.10. The summed E-state index contributed by atoms with van der Waals surface area (Å²) in [6.45, 7) is 3.28. The van der Waals surface area contributed by atoms with E-state index >= 15 is 0 Å². The van der Waals surface area contributed by atoms with E-state index in [9.17, 15) is 9.59 Å². The van der Waals surface area contributed by atoms with Gasteiger partial charge in [0, 0.05) is 52.1 Å². The van der Waals surface area contributed by atoms with Crippen LogP contribution in [0.3, 0.4) is 0 Å². The van der Waals surface area contributed by atoms with Crippen LogP contribution in [0.5, 0.6) is 5.88 Å². The van der Waals surface area contributed by atoms with E-state index < -0.39 is 0 Å². The lowest BCUT2D eigenvalue weighted by molar-refractivity contribution is -0.130. The van der Waals surface area contributed by atoms with Gasteiger partial charge in [0.05, 0.1) is 7.11 Å². The van der Waals surface area contributed by atoms with Gasteiger partial charge in [0.15, 0.2) is 0 Å². The van der Waals surface area contributed by atoms with Crippen LogP contribution in [0.15, 0.2) is 10.6 Å². The summed E-state index contributed by atoms with van der Waals surface area (Å²) < 4.78 is 10.1. The standard InChI is InChI=1S/C18H28N4O4/c1-19-18(24)21-8-5-13(6-9-21)14-7-10-22(12-14)17(23)4-3-15-11-16(25-2)20-26-15/h11,13-14H,3-10,12H2,1-2H3,(H,19,24). The summed E-state index contributed by atoms with van der Waals surface area (Å²) in [6.07, 6.45) is 4.09. The van der Waals surface area contributed by atoms with Gasteiger partial charge < -0.3 is 24.4 Å². The Balaban J connectivity index is 1.42. The van der Waals surface area contributed by atoms with Crippen molar-refractivity contribution >= 4 is 11.9 Å². The van der Waals surface area contributed by atoms with Crippen LogP contribution in [0.25, 0.3) is 0 Å². The number of nitrogens with zero attached hydrogens (tertiary/aromatic N) is 3. The Labute approximate surface area is 153 Å². The first-order chi connectivity index (χ1) is 12.6. The fourth-order valence-electron chi connectivity index (χ4n) is 4.03. The Kier molecular flexibility index (Phi) is 6.00. The van der Waals surface area contributed by atoms with Gasteiger partial charge in [-0.1, -0.05) is 0 Å². The molecule has 8 heteroatoms. The summed E-state index contributed by atoms with van der Waals surface area (Å²) in [5.41, 5.74) is 0. The summed E-state index contributed by atoms with van der Waals surface area (Å²) >= 11 is 0. The minimum Gasteiger partial charge on any atom is -0.479 e. The van der Waals surface area contributed by atoms with Crippen molar-refractivity contribution in [2.75, 3.05) is 40.3 Å². The number of ether oxygens (including phenoxy) is 1. The minimum atomic E-state index is 0.00993. The number of hydrogen-bond donors (Lipinski definition) is 1. The second kappa shape index (κ2) is 8.42. The molecule has 3 rings (SSSR count). The normalized spacial score (nSPS) is 21.1. The number of nitrogens with one attached hydrogen (secondary N) is 1. The third-order valence-electron chi connectivity index (χ3n) is 5.62. The third-order valence-corrected chi connectivity index (χ3v) is 5.62. The van der Waals surface area contributed by atoms with Crippen LogP contribution in [0, 0.1) is 11.8 Å². The highest BCUT2D eigenvalue weighted by atomic mass is 16.5. The van der Waals surface area contributed by atoms with E-state index in [2.05, 4.69) is 10.5 Å². The number of hydrogen-bond acceptors (Lipinski definition) is 5. The van der Waals surface area contributed by atoms with Gasteiger partial charge in [-0.2, -0.15) is 0 Å². The molecule has 2 fully saturated rings. The van der Waals surface area contributed by atoms with Gasteiger partial charge in [0.1, 0.15) is 5.76 Å². The quantitative estimate of drug-likeness (QED) is 0.856. The summed E-state index contributed by atoms with van der Waals surface area (Å²) in [7, 11) is 3.21. The maximum atomic E-state index is 12.5. The number of rotatable bonds is 5. The molecule has 2 saturated heterocycles. The predicted molar refractivity (Wildman–Crippen MR) is 94.8 cm³/mol. The first-order valence-corrected chi connectivity index (χ1v) is 9.34. The van der Waals surface area contributed by atoms with Crippen molar-refractivity contribution in [1.82, 2.24) is 20.3 Å². The number of piperidine rings is 1. The zero-order chi connectivity index (χ0) is 18.5. The molecule has 8 nitrogen and oxygen atoms in total. The molecule has 0 aromatic carbocycles. The molecule has 3 amide bonds. The third kappa shape index (κ3) is 4.28. The number of aromatic nitrogens is 1. The average molecular weight is 364 g/mol. The van der Waals surface area contributed by atoms with E-state index in [0.29, 0.717) is 36.3 Å². The second-order valence-corrected chi connectivity index (χ2v) is 7.10. The van der Waals surface area contributed by atoms with Crippen molar-refractivity contribution in [2.45, 2.75) is 32.1 Å². The molecule has 0 bridgehead atoms. The SMILES string of the molecule is CNC(=O)N1CCC(C2CCN(C(=O)CCc3cc(OC)no3)C2)CC1. The van der Waals surface area contributed by atoms with Crippen molar-refractivity contribution in [1.29, 1.82) is 0 Å². The monoisotopic (exact) mass is 364 g/mol. The van der Waals surface area contributed by atoms with Crippen LogP contribution in [-0.2, 0) is 11.2 Å². The molecule has 1 aromatic heterocycles. The van der Waals surface area contributed by atoms with Gasteiger partial charge in [-0.15, -0.1) is 0 Å². The maximum Gasteiger partial charge on any atom is 0.317 e. The predicted octanol–water partition coefficient (Wildman–Crippen LogP) is 1.52. The maximum absolute atomic E-state index is 12.5. The van der Waals surface area contributed by atoms with E-state index in [0.717, 1.165) is 45.4 Å². The van der Waals surface area contributed by atoms with Crippen molar-refractivity contribution in [3.05, 3.63) is 11.8 Å². The fraction of sp³-hybridized carbons (Fsp3) is 0.722.